The molecule has 0 amide bonds. The van der Waals surface area contributed by atoms with Crippen LogP contribution in [0.15, 0.2) is 47.4 Å². The summed E-state index contributed by atoms with van der Waals surface area (Å²) in [5.74, 6) is -0.789. The molecule has 0 aliphatic carbocycles. The second-order valence-corrected chi connectivity index (χ2v) is 4.54. The van der Waals surface area contributed by atoms with Gasteiger partial charge in [-0.1, -0.05) is 12.1 Å². The van der Waals surface area contributed by atoms with Crippen LogP contribution in [0.25, 0.3) is 0 Å². The lowest BCUT2D eigenvalue weighted by molar-refractivity contribution is -0.137. The molecule has 0 aliphatic rings. The third-order valence-electron chi connectivity index (χ3n) is 3.03. The van der Waals surface area contributed by atoms with Gasteiger partial charge in [0.1, 0.15) is 5.56 Å². The van der Waals surface area contributed by atoms with Crippen LogP contribution in [0, 0.1) is 0 Å². The fourth-order valence-electron chi connectivity index (χ4n) is 1.97. The monoisotopic (exact) mass is 311 g/mol. The van der Waals surface area contributed by atoms with Gasteiger partial charge in [0, 0.05) is 6.20 Å². The minimum Gasteiger partial charge on any atom is -0.465 e. The molecular weight excluding hydrogens is 299 g/mol. The van der Waals surface area contributed by atoms with Crippen molar-refractivity contribution in [1.29, 1.82) is 0 Å². The van der Waals surface area contributed by atoms with Crippen LogP contribution in [0.2, 0.25) is 0 Å². The topological polar surface area (TPSA) is 48.3 Å². The quantitative estimate of drug-likeness (QED) is 0.819. The molecule has 0 saturated carbocycles. The van der Waals surface area contributed by atoms with E-state index in [-0.39, 0.29) is 12.1 Å². The molecule has 0 radical (unpaired) electrons. The highest BCUT2D eigenvalue weighted by Crippen LogP contribution is 2.29. The van der Waals surface area contributed by atoms with E-state index < -0.39 is 23.3 Å². The summed E-state index contributed by atoms with van der Waals surface area (Å²) in [5, 5.41) is 0. The Hall–Kier alpha value is -2.57. The lowest BCUT2D eigenvalue weighted by atomic mass is 10.1. The second-order valence-electron chi connectivity index (χ2n) is 4.54. The Morgan fingerprint density at radius 3 is 2.59 bits per heavy atom. The zero-order valence-corrected chi connectivity index (χ0v) is 11.6. The number of hydrogen-bond donors (Lipinski definition) is 0. The fourth-order valence-corrected chi connectivity index (χ4v) is 1.97. The molecule has 1 heterocycles. The van der Waals surface area contributed by atoms with Crippen LogP contribution in [-0.2, 0) is 17.5 Å². The molecule has 22 heavy (non-hydrogen) atoms. The molecule has 1 aromatic carbocycles. The third kappa shape index (κ3) is 3.36. The van der Waals surface area contributed by atoms with Gasteiger partial charge in [-0.3, -0.25) is 4.79 Å². The van der Waals surface area contributed by atoms with E-state index in [1.165, 1.54) is 30.5 Å². The summed E-state index contributed by atoms with van der Waals surface area (Å²) in [6, 6.07) is 7.44. The molecule has 0 bridgehead atoms. The molecule has 2 rings (SSSR count). The normalized spacial score (nSPS) is 11.3. The summed E-state index contributed by atoms with van der Waals surface area (Å²) in [5.41, 5.74) is -1.27. The number of alkyl halides is 3. The van der Waals surface area contributed by atoms with Gasteiger partial charge in [0.05, 0.1) is 19.2 Å². The van der Waals surface area contributed by atoms with Crippen molar-refractivity contribution >= 4 is 5.97 Å². The van der Waals surface area contributed by atoms with Gasteiger partial charge >= 0.3 is 12.1 Å². The molecule has 0 spiro atoms. The van der Waals surface area contributed by atoms with E-state index in [1.807, 2.05) is 0 Å². The first-order chi connectivity index (χ1) is 10.3. The third-order valence-corrected chi connectivity index (χ3v) is 3.03. The molecule has 7 heteroatoms. The van der Waals surface area contributed by atoms with Crippen LogP contribution in [0.5, 0.6) is 0 Å². The summed E-state index contributed by atoms with van der Waals surface area (Å²) in [4.78, 5) is 23.5. The first kappa shape index (κ1) is 15.8. The zero-order chi connectivity index (χ0) is 16.3. The van der Waals surface area contributed by atoms with Crippen molar-refractivity contribution in [3.63, 3.8) is 0 Å². The number of ether oxygens (including phenoxy) is 1. The van der Waals surface area contributed by atoms with E-state index in [2.05, 4.69) is 4.74 Å². The lowest BCUT2D eigenvalue weighted by Gasteiger charge is -2.10. The van der Waals surface area contributed by atoms with Crippen LogP contribution in [0.4, 0.5) is 13.2 Å². The first-order valence-electron chi connectivity index (χ1n) is 6.27. The van der Waals surface area contributed by atoms with Crippen LogP contribution in [-0.4, -0.2) is 17.6 Å². The number of hydrogen-bond acceptors (Lipinski definition) is 3. The second kappa shape index (κ2) is 6.05. The SMILES string of the molecule is COC(=O)c1cccn(Cc2cccc(C(F)(F)F)c2)c1=O. The van der Waals surface area contributed by atoms with E-state index >= 15 is 0 Å². The van der Waals surface area contributed by atoms with E-state index in [0.717, 1.165) is 23.8 Å². The Bertz CT molecular complexity index is 750. The van der Waals surface area contributed by atoms with Gasteiger partial charge in [-0.2, -0.15) is 13.2 Å². The molecule has 2 aromatic rings. The maximum atomic E-state index is 12.7. The molecule has 4 nitrogen and oxygen atoms in total. The summed E-state index contributed by atoms with van der Waals surface area (Å²) >= 11 is 0. The Morgan fingerprint density at radius 2 is 1.95 bits per heavy atom. The zero-order valence-electron chi connectivity index (χ0n) is 11.6. The molecule has 116 valence electrons. The van der Waals surface area contributed by atoms with Crippen LogP contribution < -0.4 is 5.56 Å². The number of methoxy groups -OCH3 is 1. The molecule has 0 unspecified atom stereocenters. The summed E-state index contributed by atoms with van der Waals surface area (Å²) in [7, 11) is 1.14. The number of esters is 1. The molecule has 0 saturated heterocycles. The number of benzene rings is 1. The predicted octanol–water partition coefficient (Wildman–Crippen LogP) is 2.70. The van der Waals surface area contributed by atoms with Crippen LogP contribution in [0.1, 0.15) is 21.5 Å². The highest BCUT2D eigenvalue weighted by Gasteiger charge is 2.30. The number of aromatic nitrogens is 1. The number of rotatable bonds is 3. The number of carbonyl (C=O) groups is 1. The van der Waals surface area contributed by atoms with Gasteiger partial charge < -0.3 is 9.30 Å². The van der Waals surface area contributed by atoms with E-state index in [9.17, 15) is 22.8 Å². The Kier molecular flexibility index (Phi) is 4.35. The van der Waals surface area contributed by atoms with Crippen molar-refractivity contribution in [2.45, 2.75) is 12.7 Å². The summed E-state index contributed by atoms with van der Waals surface area (Å²) in [6.45, 7) is -0.0758. The number of halogens is 3. The predicted molar refractivity (Wildman–Crippen MR) is 72.6 cm³/mol. The van der Waals surface area contributed by atoms with E-state index in [4.69, 9.17) is 0 Å². The fraction of sp³-hybridized carbons (Fsp3) is 0.200. The number of nitrogens with zero attached hydrogens (tertiary/aromatic N) is 1. The Balaban J connectivity index is 2.36. The maximum Gasteiger partial charge on any atom is 0.416 e. The largest absolute Gasteiger partial charge is 0.465 e. The Morgan fingerprint density at radius 1 is 1.23 bits per heavy atom. The minimum absolute atomic E-state index is 0.0758. The average molecular weight is 311 g/mol. The van der Waals surface area contributed by atoms with Gasteiger partial charge in [-0.05, 0) is 29.8 Å². The summed E-state index contributed by atoms with van der Waals surface area (Å²) < 4.78 is 43.7. The smallest absolute Gasteiger partial charge is 0.416 e. The highest BCUT2D eigenvalue weighted by atomic mass is 19.4. The van der Waals surface area contributed by atoms with Gasteiger partial charge in [0.2, 0.25) is 0 Å². The van der Waals surface area contributed by atoms with Crippen molar-refractivity contribution in [3.05, 3.63) is 69.6 Å². The van der Waals surface area contributed by atoms with E-state index in [0.29, 0.717) is 5.56 Å². The van der Waals surface area contributed by atoms with E-state index in [1.54, 1.807) is 0 Å². The van der Waals surface area contributed by atoms with Crippen LogP contribution in [0.3, 0.4) is 0 Å². The highest BCUT2D eigenvalue weighted by molar-refractivity contribution is 5.88. The minimum atomic E-state index is -4.45. The van der Waals surface area contributed by atoms with Gasteiger partial charge in [-0.25, -0.2) is 4.79 Å². The Labute approximate surface area is 123 Å². The number of pyridine rings is 1. The standard InChI is InChI=1S/C15H12F3NO3/c1-22-14(21)12-6-3-7-19(13(12)20)9-10-4-2-5-11(8-10)15(16,17)18/h2-8H,9H2,1H3. The van der Waals surface area contributed by atoms with Crippen LogP contribution >= 0.6 is 0 Å². The first-order valence-corrected chi connectivity index (χ1v) is 6.27. The van der Waals surface area contributed by atoms with Crippen molar-refractivity contribution in [3.8, 4) is 0 Å². The van der Waals surface area contributed by atoms with Gasteiger partial charge in [0.25, 0.3) is 5.56 Å². The van der Waals surface area contributed by atoms with Crippen molar-refractivity contribution in [2.24, 2.45) is 0 Å². The van der Waals surface area contributed by atoms with Crippen molar-refractivity contribution in [1.82, 2.24) is 4.57 Å². The molecule has 0 atom stereocenters. The summed E-state index contributed by atoms with van der Waals surface area (Å²) in [6.07, 6.45) is -3.05. The number of carbonyl (C=O) groups excluding carboxylic acids is 1. The molecule has 0 N–H and O–H groups in total. The van der Waals surface area contributed by atoms with Gasteiger partial charge in [-0.15, -0.1) is 0 Å². The molecule has 1 aromatic heterocycles. The average Bonchev–Trinajstić information content (AvgIpc) is 2.48. The maximum absolute atomic E-state index is 12.7. The molecular formula is C15H12F3NO3. The lowest BCUT2D eigenvalue weighted by Crippen LogP contribution is -2.26. The van der Waals surface area contributed by atoms with Crippen molar-refractivity contribution < 1.29 is 22.7 Å². The molecule has 0 aliphatic heterocycles. The molecule has 0 fully saturated rings. The van der Waals surface area contributed by atoms with Gasteiger partial charge in [0.15, 0.2) is 0 Å². The van der Waals surface area contributed by atoms with Crippen molar-refractivity contribution in [2.75, 3.05) is 7.11 Å².